The van der Waals surface area contributed by atoms with Crippen molar-refractivity contribution < 1.29 is 19.4 Å². The van der Waals surface area contributed by atoms with Crippen molar-refractivity contribution in [3.05, 3.63) is 29.8 Å². The highest BCUT2D eigenvalue weighted by atomic mass is 16.5. The average Bonchev–Trinajstić information content (AvgIpc) is 2.53. The van der Waals surface area contributed by atoms with Gasteiger partial charge in [-0.2, -0.15) is 0 Å². The van der Waals surface area contributed by atoms with Gasteiger partial charge >= 0.3 is 12.0 Å². The molecule has 0 bridgehead atoms. The lowest BCUT2D eigenvalue weighted by atomic mass is 10.1. The van der Waals surface area contributed by atoms with Crippen molar-refractivity contribution in [2.24, 2.45) is 0 Å². The highest BCUT2D eigenvalue weighted by Gasteiger charge is 2.27. The molecule has 1 atom stereocenters. The molecule has 0 aromatic heterocycles. The Morgan fingerprint density at radius 1 is 1.43 bits per heavy atom. The molecule has 0 aliphatic carbocycles. The molecule has 1 N–H and O–H groups in total. The van der Waals surface area contributed by atoms with Gasteiger partial charge in [-0.15, -0.1) is 0 Å². The van der Waals surface area contributed by atoms with Crippen LogP contribution in [-0.2, 0) is 4.74 Å². The van der Waals surface area contributed by atoms with Gasteiger partial charge in [-0.3, -0.25) is 4.90 Å². The molecule has 2 amide bonds. The largest absolute Gasteiger partial charge is 0.478 e. The third-order valence-electron chi connectivity index (χ3n) is 3.65. The molecule has 1 saturated heterocycles. The Bertz CT molecular complexity index is 532. The molecule has 1 unspecified atom stereocenters. The summed E-state index contributed by atoms with van der Waals surface area (Å²) in [5.74, 6) is -1.04. The van der Waals surface area contributed by atoms with Crippen LogP contribution in [0.5, 0.6) is 0 Å². The first kappa shape index (κ1) is 15.3. The molecule has 1 aliphatic rings. The van der Waals surface area contributed by atoms with Crippen LogP contribution in [0.25, 0.3) is 0 Å². The van der Waals surface area contributed by atoms with Crippen molar-refractivity contribution in [2.45, 2.75) is 19.4 Å². The van der Waals surface area contributed by atoms with Crippen LogP contribution in [0.3, 0.4) is 0 Å². The zero-order valence-electron chi connectivity index (χ0n) is 12.3. The summed E-state index contributed by atoms with van der Waals surface area (Å²) < 4.78 is 5.55. The van der Waals surface area contributed by atoms with Gasteiger partial charge in [0.05, 0.1) is 24.0 Å². The smallest absolute Gasteiger partial charge is 0.337 e. The quantitative estimate of drug-likeness (QED) is 0.925. The normalized spacial score (nSPS) is 18.4. The summed E-state index contributed by atoms with van der Waals surface area (Å²) in [6.07, 6.45) is 0.893. The second-order valence-corrected chi connectivity index (χ2v) is 5.01. The van der Waals surface area contributed by atoms with Gasteiger partial charge < -0.3 is 14.7 Å². The predicted molar refractivity (Wildman–Crippen MR) is 78.8 cm³/mol. The number of carboxylic acids is 1. The Morgan fingerprint density at radius 2 is 2.14 bits per heavy atom. The molecule has 1 aromatic carbocycles. The molecule has 1 fully saturated rings. The molecule has 0 radical (unpaired) electrons. The number of nitrogens with zero attached hydrogens (tertiary/aromatic N) is 2. The molecule has 6 nitrogen and oxygen atoms in total. The van der Waals surface area contributed by atoms with Gasteiger partial charge in [-0.1, -0.05) is 19.1 Å². The van der Waals surface area contributed by atoms with Crippen molar-refractivity contribution in [1.29, 1.82) is 0 Å². The summed E-state index contributed by atoms with van der Waals surface area (Å²) in [4.78, 5) is 26.9. The number of carbonyl (C=O) groups excluding carboxylic acids is 1. The van der Waals surface area contributed by atoms with E-state index in [-0.39, 0.29) is 17.7 Å². The summed E-state index contributed by atoms with van der Waals surface area (Å²) in [6.45, 7) is 3.59. The number of para-hydroxylation sites is 1. The second kappa shape index (κ2) is 6.58. The van der Waals surface area contributed by atoms with Crippen LogP contribution in [-0.4, -0.2) is 54.9 Å². The number of benzene rings is 1. The van der Waals surface area contributed by atoms with Crippen molar-refractivity contribution in [2.75, 3.05) is 31.6 Å². The number of hydrogen-bond acceptors (Lipinski definition) is 3. The van der Waals surface area contributed by atoms with Gasteiger partial charge in [0.15, 0.2) is 0 Å². The van der Waals surface area contributed by atoms with E-state index in [1.165, 1.54) is 11.0 Å². The van der Waals surface area contributed by atoms with E-state index in [4.69, 9.17) is 4.74 Å². The third kappa shape index (κ3) is 3.33. The number of hydrogen-bond donors (Lipinski definition) is 1. The van der Waals surface area contributed by atoms with E-state index in [0.717, 1.165) is 6.42 Å². The van der Waals surface area contributed by atoms with E-state index in [9.17, 15) is 14.7 Å². The molecule has 1 aromatic rings. The molecule has 0 saturated carbocycles. The average molecular weight is 292 g/mol. The van der Waals surface area contributed by atoms with Crippen molar-refractivity contribution in [3.63, 3.8) is 0 Å². The van der Waals surface area contributed by atoms with Crippen molar-refractivity contribution in [1.82, 2.24) is 4.90 Å². The minimum Gasteiger partial charge on any atom is -0.478 e. The van der Waals surface area contributed by atoms with Crippen molar-refractivity contribution >= 4 is 17.7 Å². The minimum atomic E-state index is -1.04. The van der Waals surface area contributed by atoms with Crippen LogP contribution in [0.15, 0.2) is 24.3 Å². The van der Waals surface area contributed by atoms with Crippen LogP contribution < -0.4 is 4.90 Å². The molecule has 1 aliphatic heterocycles. The topological polar surface area (TPSA) is 70.1 Å². The van der Waals surface area contributed by atoms with E-state index in [2.05, 4.69) is 0 Å². The first-order chi connectivity index (χ1) is 10.0. The number of urea groups is 1. The van der Waals surface area contributed by atoms with E-state index >= 15 is 0 Å². The standard InChI is InChI=1S/C15H20N2O4/c1-3-11-10-17(8-9-21-11)15(20)16(2)13-7-5-4-6-12(13)14(18)19/h4-7,11H,3,8-10H2,1-2H3,(H,18,19). The summed E-state index contributed by atoms with van der Waals surface area (Å²) in [5.41, 5.74) is 0.517. The number of carbonyl (C=O) groups is 2. The first-order valence-corrected chi connectivity index (χ1v) is 7.01. The summed E-state index contributed by atoms with van der Waals surface area (Å²) >= 11 is 0. The number of morpholine rings is 1. The van der Waals surface area contributed by atoms with Gasteiger partial charge in [0.25, 0.3) is 0 Å². The molecular formula is C15H20N2O4. The van der Waals surface area contributed by atoms with Gasteiger partial charge in [0.2, 0.25) is 0 Å². The fourth-order valence-electron chi connectivity index (χ4n) is 2.40. The van der Waals surface area contributed by atoms with E-state index < -0.39 is 5.97 Å². The van der Waals surface area contributed by atoms with Gasteiger partial charge in [-0.05, 0) is 18.6 Å². The summed E-state index contributed by atoms with van der Waals surface area (Å²) in [7, 11) is 1.60. The van der Waals surface area contributed by atoms with Crippen LogP contribution in [0, 0.1) is 0 Å². The second-order valence-electron chi connectivity index (χ2n) is 5.01. The zero-order chi connectivity index (χ0) is 15.4. The lowest BCUT2D eigenvalue weighted by Crippen LogP contribution is -2.50. The van der Waals surface area contributed by atoms with E-state index in [1.807, 2.05) is 6.92 Å². The number of aromatic carboxylic acids is 1. The Labute approximate surface area is 123 Å². The van der Waals surface area contributed by atoms with Gasteiger partial charge in [0, 0.05) is 20.1 Å². The summed E-state index contributed by atoms with van der Waals surface area (Å²) in [5, 5.41) is 9.22. The molecule has 6 heteroatoms. The Morgan fingerprint density at radius 3 is 2.81 bits per heavy atom. The zero-order valence-corrected chi connectivity index (χ0v) is 12.3. The highest BCUT2D eigenvalue weighted by Crippen LogP contribution is 2.21. The van der Waals surface area contributed by atoms with Gasteiger partial charge in [-0.25, -0.2) is 9.59 Å². The SMILES string of the molecule is CCC1CN(C(=O)N(C)c2ccccc2C(=O)O)CCO1. The molecule has 114 valence electrons. The van der Waals surface area contributed by atoms with Gasteiger partial charge in [0.1, 0.15) is 0 Å². The number of carboxylic acid groups (broad SMARTS) is 1. The van der Waals surface area contributed by atoms with E-state index in [1.54, 1.807) is 30.1 Å². The minimum absolute atomic E-state index is 0.0471. The third-order valence-corrected chi connectivity index (χ3v) is 3.65. The number of rotatable bonds is 3. The van der Waals surface area contributed by atoms with Crippen LogP contribution in [0.2, 0.25) is 0 Å². The summed E-state index contributed by atoms with van der Waals surface area (Å²) in [6, 6.07) is 6.30. The van der Waals surface area contributed by atoms with E-state index in [0.29, 0.717) is 25.4 Å². The Kier molecular flexibility index (Phi) is 4.80. The number of ether oxygens (including phenoxy) is 1. The van der Waals surface area contributed by atoms with Crippen LogP contribution in [0.4, 0.5) is 10.5 Å². The molecule has 2 rings (SSSR count). The van der Waals surface area contributed by atoms with Crippen LogP contribution in [0.1, 0.15) is 23.7 Å². The monoisotopic (exact) mass is 292 g/mol. The molecule has 1 heterocycles. The number of amides is 2. The predicted octanol–water partition coefficient (Wildman–Crippen LogP) is 2.05. The maximum atomic E-state index is 12.5. The Hall–Kier alpha value is -2.08. The Balaban J connectivity index is 2.18. The molecule has 21 heavy (non-hydrogen) atoms. The maximum Gasteiger partial charge on any atom is 0.337 e. The lowest BCUT2D eigenvalue weighted by Gasteiger charge is -2.35. The number of anilines is 1. The van der Waals surface area contributed by atoms with Crippen LogP contribution >= 0.6 is 0 Å². The first-order valence-electron chi connectivity index (χ1n) is 7.01. The lowest BCUT2D eigenvalue weighted by molar-refractivity contribution is -0.0142. The van der Waals surface area contributed by atoms with Crippen molar-refractivity contribution in [3.8, 4) is 0 Å². The maximum absolute atomic E-state index is 12.5. The fraction of sp³-hybridized carbons (Fsp3) is 0.467. The molecule has 0 spiro atoms. The molecular weight excluding hydrogens is 272 g/mol. The fourth-order valence-corrected chi connectivity index (χ4v) is 2.40. The highest BCUT2D eigenvalue weighted by molar-refractivity contribution is 6.01.